The predicted octanol–water partition coefficient (Wildman–Crippen LogP) is 8.89. The Morgan fingerprint density at radius 1 is 0.469 bits per heavy atom. The van der Waals surface area contributed by atoms with Crippen molar-refractivity contribution in [3.05, 3.63) is 69.8 Å². The summed E-state index contributed by atoms with van der Waals surface area (Å²) in [5.41, 5.74) is 7.19. The van der Waals surface area contributed by atoms with Gasteiger partial charge in [-0.2, -0.15) is 0 Å². The van der Waals surface area contributed by atoms with Crippen LogP contribution in [-0.2, 0) is 0 Å². The molecule has 0 fully saturated rings. The van der Waals surface area contributed by atoms with Crippen molar-refractivity contribution in [2.45, 2.75) is 135 Å². The molecule has 0 bridgehead atoms. The Morgan fingerprint density at radius 3 is 1.16 bits per heavy atom. The first-order chi connectivity index (χ1) is 23.9. The van der Waals surface area contributed by atoms with Crippen molar-refractivity contribution in [1.29, 1.82) is 0 Å². The molecule has 2 N–H and O–H groups in total. The molecule has 2 aromatic rings. The fraction of sp³-hybridized carbons (Fsp3) is 0.585. The molecule has 0 aliphatic carbocycles. The van der Waals surface area contributed by atoms with Crippen LogP contribution in [0.25, 0.3) is 0 Å². The molecule has 266 valence electrons. The molecule has 2 heterocycles. The predicted molar refractivity (Wildman–Crippen MR) is 194 cm³/mol. The van der Waals surface area contributed by atoms with Crippen LogP contribution in [-0.4, -0.2) is 58.8 Å². The molecule has 0 radical (unpaired) electrons. The zero-order chi connectivity index (χ0) is 35.0. The highest BCUT2D eigenvalue weighted by molar-refractivity contribution is 6.24. The zero-order valence-electron chi connectivity index (χ0n) is 29.7. The number of benzene rings is 2. The molecular formula is C41H57N3O5. The van der Waals surface area contributed by atoms with Gasteiger partial charge in [0.2, 0.25) is 0 Å². The molecule has 0 aromatic heterocycles. The van der Waals surface area contributed by atoms with Crippen LogP contribution in [0.4, 0.5) is 0 Å². The lowest BCUT2D eigenvalue weighted by Crippen LogP contribution is -2.30. The van der Waals surface area contributed by atoms with E-state index in [-0.39, 0.29) is 51.7 Å². The van der Waals surface area contributed by atoms with E-state index in [1.807, 2.05) is 0 Å². The quantitative estimate of drug-likeness (QED) is 0.0640. The van der Waals surface area contributed by atoms with E-state index in [2.05, 4.69) is 6.92 Å². The van der Waals surface area contributed by atoms with Gasteiger partial charge in [0.1, 0.15) is 0 Å². The fourth-order valence-corrected chi connectivity index (χ4v) is 7.02. The molecule has 2 aliphatic heterocycles. The van der Waals surface area contributed by atoms with Crippen molar-refractivity contribution in [3.8, 4) is 0 Å². The Balaban J connectivity index is 1.23. The summed E-state index contributed by atoms with van der Waals surface area (Å²) in [6.07, 6.45) is 22.9. The Morgan fingerprint density at radius 2 is 0.796 bits per heavy atom. The average Bonchev–Trinajstić information content (AvgIpc) is 3.50. The number of nitrogens with two attached hydrogens (primary N) is 1. The first-order valence-electron chi connectivity index (χ1n) is 19.1. The third-order valence-electron chi connectivity index (χ3n) is 10.0. The number of rotatable bonds is 25. The largest absolute Gasteiger partial charge is 0.330 e. The molecule has 2 aromatic carbocycles. The van der Waals surface area contributed by atoms with Crippen LogP contribution in [0, 0.1) is 0 Å². The van der Waals surface area contributed by atoms with Crippen LogP contribution in [0.5, 0.6) is 0 Å². The second-order valence-corrected chi connectivity index (χ2v) is 13.9. The smallest absolute Gasteiger partial charge is 0.261 e. The van der Waals surface area contributed by atoms with Crippen LogP contribution in [0.1, 0.15) is 193 Å². The van der Waals surface area contributed by atoms with Crippen molar-refractivity contribution in [2.24, 2.45) is 5.73 Å². The number of unbranched alkanes of at least 4 members (excludes halogenated alkanes) is 18. The van der Waals surface area contributed by atoms with E-state index in [0.29, 0.717) is 24.2 Å². The zero-order valence-corrected chi connectivity index (χ0v) is 29.7. The van der Waals surface area contributed by atoms with Gasteiger partial charge in [-0.15, -0.1) is 0 Å². The van der Waals surface area contributed by atoms with Crippen molar-refractivity contribution < 1.29 is 24.0 Å². The lowest BCUT2D eigenvalue weighted by atomic mass is 9.96. The Hall–Kier alpha value is -3.65. The minimum absolute atomic E-state index is 0.237. The average molecular weight is 672 g/mol. The van der Waals surface area contributed by atoms with Gasteiger partial charge < -0.3 is 5.73 Å². The Kier molecular flexibility index (Phi) is 15.7. The maximum absolute atomic E-state index is 13.5. The van der Waals surface area contributed by atoms with Gasteiger partial charge in [0.15, 0.2) is 5.78 Å². The minimum Gasteiger partial charge on any atom is -0.330 e. The highest BCUT2D eigenvalue weighted by atomic mass is 16.2. The van der Waals surface area contributed by atoms with Gasteiger partial charge in [0.25, 0.3) is 23.6 Å². The molecule has 0 saturated heterocycles. The highest BCUT2D eigenvalue weighted by Gasteiger charge is 2.37. The molecule has 4 amide bonds. The summed E-state index contributed by atoms with van der Waals surface area (Å²) in [5.74, 6) is -1.73. The number of carbonyl (C=O) groups is 5. The summed E-state index contributed by atoms with van der Waals surface area (Å²) in [6.45, 7) is 3.74. The minimum atomic E-state index is -0.371. The van der Waals surface area contributed by atoms with Crippen molar-refractivity contribution in [2.75, 3.05) is 19.6 Å². The Labute approximate surface area is 293 Å². The summed E-state index contributed by atoms with van der Waals surface area (Å²) < 4.78 is 0. The van der Waals surface area contributed by atoms with Gasteiger partial charge in [0, 0.05) is 24.2 Å². The van der Waals surface area contributed by atoms with Gasteiger partial charge >= 0.3 is 0 Å². The van der Waals surface area contributed by atoms with E-state index >= 15 is 0 Å². The first-order valence-corrected chi connectivity index (χ1v) is 19.1. The third-order valence-corrected chi connectivity index (χ3v) is 10.0. The second kappa shape index (κ2) is 20.1. The number of hydrogen-bond acceptors (Lipinski definition) is 6. The van der Waals surface area contributed by atoms with Crippen LogP contribution in [0.3, 0.4) is 0 Å². The summed E-state index contributed by atoms with van der Waals surface area (Å²) in [4.78, 5) is 68.5. The molecule has 0 saturated carbocycles. The summed E-state index contributed by atoms with van der Waals surface area (Å²) >= 11 is 0. The fourth-order valence-electron chi connectivity index (χ4n) is 7.02. The van der Waals surface area contributed by atoms with Gasteiger partial charge in [0.05, 0.1) is 22.3 Å². The number of fused-ring (bicyclic) bond motifs is 2. The number of imide groups is 2. The monoisotopic (exact) mass is 671 g/mol. The maximum atomic E-state index is 13.5. The molecule has 0 atom stereocenters. The summed E-state index contributed by atoms with van der Waals surface area (Å²) in [6, 6.07) is 9.20. The standard InChI is InChI=1S/C41H57N3O5/c1-2-3-4-5-6-7-11-14-17-20-27-43-38(46)33-24-22-31(29-35(33)40(43)48)37(45)32-23-25-34-36(30-32)41(49)44(39(34)47)28-21-18-15-12-9-8-10-13-16-19-26-42/h22-25,29-30H,2-21,26-28,42H2,1H3. The maximum Gasteiger partial charge on any atom is 0.261 e. The molecule has 49 heavy (non-hydrogen) atoms. The molecule has 8 heteroatoms. The molecule has 8 nitrogen and oxygen atoms in total. The van der Waals surface area contributed by atoms with E-state index in [1.165, 1.54) is 99.0 Å². The molecule has 0 unspecified atom stereocenters. The van der Waals surface area contributed by atoms with E-state index in [9.17, 15) is 24.0 Å². The lowest BCUT2D eigenvalue weighted by Gasteiger charge is -2.13. The molecule has 2 aliphatic rings. The van der Waals surface area contributed by atoms with Crippen LogP contribution >= 0.6 is 0 Å². The molecule has 0 spiro atoms. The molecule has 4 rings (SSSR count). The van der Waals surface area contributed by atoms with Crippen molar-refractivity contribution in [1.82, 2.24) is 9.80 Å². The van der Waals surface area contributed by atoms with Gasteiger partial charge in [-0.25, -0.2) is 0 Å². The number of ketones is 1. The second-order valence-electron chi connectivity index (χ2n) is 13.9. The lowest BCUT2D eigenvalue weighted by molar-refractivity contribution is 0.0636. The number of nitrogens with zero attached hydrogens (tertiary/aromatic N) is 2. The van der Waals surface area contributed by atoms with Gasteiger partial charge in [-0.1, -0.05) is 128 Å². The van der Waals surface area contributed by atoms with E-state index in [1.54, 1.807) is 24.3 Å². The van der Waals surface area contributed by atoms with Crippen molar-refractivity contribution >= 4 is 29.4 Å². The van der Waals surface area contributed by atoms with Crippen LogP contribution in [0.2, 0.25) is 0 Å². The van der Waals surface area contributed by atoms with Gasteiger partial charge in [-0.3, -0.25) is 33.8 Å². The van der Waals surface area contributed by atoms with E-state index in [4.69, 9.17) is 5.73 Å². The number of amides is 4. The van der Waals surface area contributed by atoms with Crippen LogP contribution in [0.15, 0.2) is 36.4 Å². The normalized spacial score (nSPS) is 13.9. The van der Waals surface area contributed by atoms with E-state index < -0.39 is 0 Å². The summed E-state index contributed by atoms with van der Waals surface area (Å²) in [7, 11) is 0. The highest BCUT2D eigenvalue weighted by Crippen LogP contribution is 2.28. The summed E-state index contributed by atoms with van der Waals surface area (Å²) in [5, 5.41) is 0. The van der Waals surface area contributed by atoms with E-state index in [0.717, 1.165) is 57.9 Å². The number of carbonyl (C=O) groups excluding carboxylic acids is 5. The first kappa shape index (κ1) is 38.2. The van der Waals surface area contributed by atoms with Gasteiger partial charge in [-0.05, 0) is 50.1 Å². The SMILES string of the molecule is CCCCCCCCCCCCN1C(=O)c2ccc(C(=O)c3ccc4c(c3)C(=O)N(CCCCCCCCCCCCN)C4=O)cc2C1=O. The third kappa shape index (κ3) is 10.4. The number of hydrogen-bond donors (Lipinski definition) is 1. The molecular weight excluding hydrogens is 614 g/mol. The van der Waals surface area contributed by atoms with Crippen LogP contribution < -0.4 is 5.73 Å². The Bertz CT molecular complexity index is 1450. The topological polar surface area (TPSA) is 118 Å². The van der Waals surface area contributed by atoms with Crippen molar-refractivity contribution in [3.63, 3.8) is 0 Å².